The van der Waals surface area contributed by atoms with Crippen LogP contribution >= 0.6 is 0 Å². The number of hydrogen-bond donors (Lipinski definition) is 0. The molecule has 2 aliphatic heterocycles. The fourth-order valence-electron chi connectivity index (χ4n) is 3.73. The van der Waals surface area contributed by atoms with Crippen LogP contribution in [-0.4, -0.2) is 77.4 Å². The topological polar surface area (TPSA) is 75.5 Å². The molecule has 7 nitrogen and oxygen atoms in total. The summed E-state index contributed by atoms with van der Waals surface area (Å²) in [7, 11) is -1.16. The molecule has 0 spiro atoms. The molecule has 8 heteroatoms. The van der Waals surface area contributed by atoms with E-state index in [2.05, 4.69) is 9.88 Å². The average molecular weight is 360 g/mol. The largest absolute Gasteiger partial charge is 0.332 e. The molecule has 1 amide bonds. The number of fused-ring (bicyclic) bond motifs is 1. The smallest absolute Gasteiger partial charge is 0.254 e. The van der Waals surface area contributed by atoms with Crippen LogP contribution in [0.3, 0.4) is 0 Å². The van der Waals surface area contributed by atoms with Gasteiger partial charge in [-0.1, -0.05) is 0 Å². The maximum Gasteiger partial charge on any atom is 0.254 e. The van der Waals surface area contributed by atoms with Crippen LogP contribution in [0.15, 0.2) is 43.0 Å². The van der Waals surface area contributed by atoms with Gasteiger partial charge in [-0.05, 0) is 31.3 Å². The number of benzene rings is 1. The summed E-state index contributed by atoms with van der Waals surface area (Å²) in [5, 5.41) is 0. The second-order valence-electron chi connectivity index (χ2n) is 6.71. The number of rotatable bonds is 2. The summed E-state index contributed by atoms with van der Waals surface area (Å²) in [6, 6.07) is 6.95. The van der Waals surface area contributed by atoms with E-state index in [0.29, 0.717) is 18.7 Å². The molecule has 2 unspecified atom stereocenters. The standard InChI is InChI=1S/C17H20N4O3S/c1-19-8-9-21(16-11-25(23,24)10-15(16)19)17(22)13-2-4-14(5-3-13)20-7-6-18-12-20/h2-7,12,15-16H,8-11H2,1H3. The van der Waals surface area contributed by atoms with Crippen LogP contribution in [0.5, 0.6) is 0 Å². The van der Waals surface area contributed by atoms with Crippen molar-refractivity contribution in [2.75, 3.05) is 31.6 Å². The lowest BCUT2D eigenvalue weighted by Crippen LogP contribution is -2.59. The zero-order valence-electron chi connectivity index (χ0n) is 13.9. The molecular weight excluding hydrogens is 340 g/mol. The van der Waals surface area contributed by atoms with Gasteiger partial charge < -0.3 is 9.47 Å². The predicted molar refractivity (Wildman–Crippen MR) is 93.5 cm³/mol. The first-order valence-electron chi connectivity index (χ1n) is 8.25. The summed E-state index contributed by atoms with van der Waals surface area (Å²) in [6.45, 7) is 1.24. The number of aromatic nitrogens is 2. The van der Waals surface area contributed by atoms with Crippen LogP contribution in [0.25, 0.3) is 5.69 Å². The van der Waals surface area contributed by atoms with Gasteiger partial charge in [0.15, 0.2) is 9.84 Å². The number of carbonyl (C=O) groups excluding carboxylic acids is 1. The number of piperazine rings is 1. The molecule has 1 aromatic carbocycles. The van der Waals surface area contributed by atoms with E-state index in [0.717, 1.165) is 5.69 Å². The van der Waals surface area contributed by atoms with Gasteiger partial charge in [-0.15, -0.1) is 0 Å². The Balaban J connectivity index is 1.58. The van der Waals surface area contributed by atoms with E-state index >= 15 is 0 Å². The van der Waals surface area contributed by atoms with Crippen molar-refractivity contribution in [2.45, 2.75) is 12.1 Å². The Morgan fingerprint density at radius 1 is 1.12 bits per heavy atom. The van der Waals surface area contributed by atoms with Crippen LogP contribution < -0.4 is 0 Å². The summed E-state index contributed by atoms with van der Waals surface area (Å²) in [5.74, 6) is 0.0932. The van der Waals surface area contributed by atoms with Gasteiger partial charge >= 0.3 is 0 Å². The zero-order chi connectivity index (χ0) is 17.6. The highest BCUT2D eigenvalue weighted by molar-refractivity contribution is 7.91. The number of amides is 1. The van der Waals surface area contributed by atoms with Gasteiger partial charge in [0.05, 0.1) is 23.9 Å². The summed E-state index contributed by atoms with van der Waals surface area (Å²) in [4.78, 5) is 20.8. The van der Waals surface area contributed by atoms with Gasteiger partial charge in [0.25, 0.3) is 5.91 Å². The molecule has 3 heterocycles. The van der Waals surface area contributed by atoms with E-state index in [1.54, 1.807) is 29.6 Å². The van der Waals surface area contributed by atoms with E-state index in [9.17, 15) is 13.2 Å². The minimum Gasteiger partial charge on any atom is -0.332 e. The summed E-state index contributed by atoms with van der Waals surface area (Å²) < 4.78 is 26.0. The van der Waals surface area contributed by atoms with Crippen molar-refractivity contribution >= 4 is 15.7 Å². The van der Waals surface area contributed by atoms with E-state index in [4.69, 9.17) is 0 Å². The number of likely N-dealkylation sites (N-methyl/N-ethyl adjacent to an activating group) is 1. The van der Waals surface area contributed by atoms with Gasteiger partial charge in [0, 0.05) is 42.8 Å². The summed E-state index contributed by atoms with van der Waals surface area (Å²) >= 11 is 0. The molecule has 2 atom stereocenters. The van der Waals surface area contributed by atoms with Crippen LogP contribution in [0.1, 0.15) is 10.4 Å². The normalized spacial score (nSPS) is 25.7. The number of nitrogens with zero attached hydrogens (tertiary/aromatic N) is 4. The molecule has 2 aliphatic rings. The summed E-state index contributed by atoms with van der Waals surface area (Å²) in [6.07, 6.45) is 5.24. The molecule has 25 heavy (non-hydrogen) atoms. The first kappa shape index (κ1) is 16.3. The molecule has 2 saturated heterocycles. The molecule has 4 rings (SSSR count). The van der Waals surface area contributed by atoms with Crippen molar-refractivity contribution in [3.63, 3.8) is 0 Å². The lowest BCUT2D eigenvalue weighted by Gasteiger charge is -2.42. The Labute approximate surface area is 146 Å². The first-order chi connectivity index (χ1) is 11.9. The Morgan fingerprint density at radius 2 is 1.84 bits per heavy atom. The Kier molecular flexibility index (Phi) is 3.88. The highest BCUT2D eigenvalue weighted by Crippen LogP contribution is 2.27. The van der Waals surface area contributed by atoms with Crippen molar-refractivity contribution < 1.29 is 13.2 Å². The van der Waals surface area contributed by atoms with E-state index in [1.165, 1.54) is 0 Å². The Morgan fingerprint density at radius 3 is 2.52 bits per heavy atom. The molecule has 2 aromatic rings. The third kappa shape index (κ3) is 2.96. The number of imidazole rings is 1. The van der Waals surface area contributed by atoms with E-state index < -0.39 is 9.84 Å². The average Bonchev–Trinajstić information content (AvgIpc) is 3.22. The van der Waals surface area contributed by atoms with Crippen LogP contribution in [-0.2, 0) is 9.84 Å². The minimum atomic E-state index is -3.09. The molecular formula is C17H20N4O3S. The fraction of sp³-hybridized carbons (Fsp3) is 0.412. The van der Waals surface area contributed by atoms with Gasteiger partial charge in [0.2, 0.25) is 0 Å². The van der Waals surface area contributed by atoms with Crippen LogP contribution in [0.2, 0.25) is 0 Å². The minimum absolute atomic E-state index is 0.0564. The SMILES string of the molecule is CN1CCN(C(=O)c2ccc(-n3ccnc3)cc2)C2CS(=O)(=O)CC21. The molecule has 0 aliphatic carbocycles. The van der Waals surface area contributed by atoms with Crippen molar-refractivity contribution in [3.05, 3.63) is 48.5 Å². The third-order valence-corrected chi connectivity index (χ3v) is 6.83. The second kappa shape index (κ2) is 5.96. The first-order valence-corrected chi connectivity index (χ1v) is 10.1. The highest BCUT2D eigenvalue weighted by atomic mass is 32.2. The van der Waals surface area contributed by atoms with Gasteiger partial charge in [-0.3, -0.25) is 9.69 Å². The second-order valence-corrected chi connectivity index (χ2v) is 8.86. The van der Waals surface area contributed by atoms with Crippen molar-refractivity contribution in [3.8, 4) is 5.69 Å². The molecule has 1 aromatic heterocycles. The quantitative estimate of drug-likeness (QED) is 0.776. The lowest BCUT2D eigenvalue weighted by atomic mass is 10.0. The zero-order valence-corrected chi connectivity index (χ0v) is 14.8. The van der Waals surface area contributed by atoms with Crippen molar-refractivity contribution in [1.29, 1.82) is 0 Å². The third-order valence-electron chi connectivity index (χ3n) is 5.13. The maximum atomic E-state index is 13.0. The molecule has 0 radical (unpaired) electrons. The molecule has 0 bridgehead atoms. The Bertz CT molecular complexity index is 877. The molecule has 0 saturated carbocycles. The fourth-order valence-corrected chi connectivity index (χ4v) is 5.79. The lowest BCUT2D eigenvalue weighted by molar-refractivity contribution is 0.0410. The van der Waals surface area contributed by atoms with Crippen molar-refractivity contribution in [2.24, 2.45) is 0 Å². The van der Waals surface area contributed by atoms with E-state index in [1.807, 2.05) is 29.9 Å². The molecule has 0 N–H and O–H groups in total. The van der Waals surface area contributed by atoms with Gasteiger partial charge in [0.1, 0.15) is 0 Å². The molecule has 2 fully saturated rings. The van der Waals surface area contributed by atoms with E-state index in [-0.39, 0.29) is 29.5 Å². The van der Waals surface area contributed by atoms with Crippen molar-refractivity contribution in [1.82, 2.24) is 19.4 Å². The molecule has 132 valence electrons. The number of hydrogen-bond acceptors (Lipinski definition) is 5. The van der Waals surface area contributed by atoms with Crippen LogP contribution in [0, 0.1) is 0 Å². The highest BCUT2D eigenvalue weighted by Gasteiger charge is 2.46. The maximum absolute atomic E-state index is 13.0. The van der Waals surface area contributed by atoms with Crippen LogP contribution in [0.4, 0.5) is 0 Å². The van der Waals surface area contributed by atoms with Gasteiger partial charge in [-0.2, -0.15) is 0 Å². The predicted octanol–water partition coefficient (Wildman–Crippen LogP) is 0.426. The Hall–Kier alpha value is -2.19. The van der Waals surface area contributed by atoms with Gasteiger partial charge in [-0.25, -0.2) is 13.4 Å². The monoisotopic (exact) mass is 360 g/mol. The summed E-state index contributed by atoms with van der Waals surface area (Å²) in [5.41, 5.74) is 1.50. The number of carbonyl (C=O) groups is 1. The number of sulfone groups is 1.